The molecule has 0 saturated heterocycles. The number of carbonyl (C=O) groups excluding carboxylic acids is 2. The van der Waals surface area contributed by atoms with Crippen molar-refractivity contribution in [2.75, 3.05) is 4.90 Å². The molecule has 2 aromatic carbocycles. The van der Waals surface area contributed by atoms with Gasteiger partial charge < -0.3 is 4.74 Å². The lowest BCUT2D eigenvalue weighted by Crippen LogP contribution is -2.23. The highest BCUT2D eigenvalue weighted by Gasteiger charge is 2.31. The minimum absolute atomic E-state index is 0.0407. The number of benzene rings is 2. The summed E-state index contributed by atoms with van der Waals surface area (Å²) in [4.78, 5) is 34.8. The molecule has 0 bridgehead atoms. The number of rotatable bonds is 5. The zero-order valence-electron chi connectivity index (χ0n) is 18.1. The van der Waals surface area contributed by atoms with Gasteiger partial charge in [-0.15, -0.1) is 11.3 Å². The topological polar surface area (TPSA) is 72.4 Å². The van der Waals surface area contributed by atoms with Gasteiger partial charge in [-0.3, -0.25) is 14.7 Å². The number of hydrogen-bond acceptors (Lipinski definition) is 6. The quantitative estimate of drug-likeness (QED) is 0.321. The highest BCUT2D eigenvalue weighted by Crippen LogP contribution is 2.35. The highest BCUT2D eigenvalue weighted by atomic mass is 32.1. The van der Waals surface area contributed by atoms with Crippen LogP contribution in [0, 0.1) is 6.92 Å². The molecule has 2 aromatic heterocycles. The summed E-state index contributed by atoms with van der Waals surface area (Å²) in [6.45, 7) is 2.84. The molecule has 0 aliphatic carbocycles. The molecule has 0 aliphatic rings. The summed E-state index contributed by atoms with van der Waals surface area (Å²) in [6, 6.07) is 13.3. The summed E-state index contributed by atoms with van der Waals surface area (Å²) < 4.78 is 44.8. The molecule has 174 valence electrons. The van der Waals surface area contributed by atoms with Gasteiger partial charge in [-0.05, 0) is 37.3 Å². The number of nitrogens with zero attached hydrogens (tertiary/aromatic N) is 3. The van der Waals surface area contributed by atoms with Crippen molar-refractivity contribution < 1.29 is 27.5 Å². The fourth-order valence-corrected chi connectivity index (χ4v) is 4.28. The Labute approximate surface area is 196 Å². The minimum atomic E-state index is -4.55. The van der Waals surface area contributed by atoms with E-state index in [4.69, 9.17) is 4.74 Å². The van der Waals surface area contributed by atoms with Crippen molar-refractivity contribution in [1.82, 2.24) is 9.97 Å². The predicted octanol–water partition coefficient (Wildman–Crippen LogP) is 6.06. The molecule has 4 aromatic rings. The minimum Gasteiger partial charge on any atom is -0.456 e. The van der Waals surface area contributed by atoms with E-state index in [0.717, 1.165) is 28.4 Å². The number of halogens is 3. The maximum atomic E-state index is 13.1. The van der Waals surface area contributed by atoms with Crippen LogP contribution in [0.25, 0.3) is 10.9 Å². The number of ether oxygens (including phenoxy) is 1. The Morgan fingerprint density at radius 2 is 1.82 bits per heavy atom. The molecule has 1 amide bonds. The molecule has 0 unspecified atom stereocenters. The van der Waals surface area contributed by atoms with Crippen LogP contribution in [0.5, 0.6) is 0 Å². The molecule has 0 atom stereocenters. The maximum Gasteiger partial charge on any atom is 0.416 e. The first kappa shape index (κ1) is 23.4. The van der Waals surface area contributed by atoms with Gasteiger partial charge in [0, 0.05) is 23.4 Å². The van der Waals surface area contributed by atoms with Crippen LogP contribution in [0.15, 0.2) is 60.0 Å². The fraction of sp³-hybridized carbons (Fsp3) is 0.167. The van der Waals surface area contributed by atoms with Crippen molar-refractivity contribution in [2.45, 2.75) is 26.6 Å². The van der Waals surface area contributed by atoms with Crippen LogP contribution >= 0.6 is 11.3 Å². The third-order valence-electron chi connectivity index (χ3n) is 4.89. The summed E-state index contributed by atoms with van der Waals surface area (Å²) in [5.41, 5.74) is 1.23. The van der Waals surface area contributed by atoms with E-state index in [1.54, 1.807) is 36.6 Å². The number of aryl methyl sites for hydroxylation is 1. The van der Waals surface area contributed by atoms with Gasteiger partial charge in [0.25, 0.3) is 0 Å². The third kappa shape index (κ3) is 4.91. The molecule has 4 rings (SSSR count). The van der Waals surface area contributed by atoms with E-state index in [1.165, 1.54) is 19.1 Å². The number of amides is 1. The first-order valence-corrected chi connectivity index (χ1v) is 11.0. The lowest BCUT2D eigenvalue weighted by molar-refractivity contribution is -0.137. The SMILES string of the molecule is CC(=O)N(c1cccc(C(F)(F)F)c1)c1nc(COC(=O)c2cc(C)nc3ccccc23)cs1. The molecular weight excluding hydrogens is 467 g/mol. The first-order valence-electron chi connectivity index (χ1n) is 10.1. The lowest BCUT2D eigenvalue weighted by Gasteiger charge is -2.19. The molecule has 0 radical (unpaired) electrons. The van der Waals surface area contributed by atoms with Crippen molar-refractivity contribution in [1.29, 1.82) is 0 Å². The van der Waals surface area contributed by atoms with Crippen molar-refractivity contribution in [3.63, 3.8) is 0 Å². The molecule has 0 saturated carbocycles. The Balaban J connectivity index is 1.54. The average Bonchev–Trinajstić information content (AvgIpc) is 3.24. The second kappa shape index (κ2) is 9.22. The van der Waals surface area contributed by atoms with Gasteiger partial charge in [-0.1, -0.05) is 24.3 Å². The molecule has 0 spiro atoms. The summed E-state index contributed by atoms with van der Waals surface area (Å²) in [5.74, 6) is -1.06. The van der Waals surface area contributed by atoms with Crippen molar-refractivity contribution in [3.05, 3.63) is 82.5 Å². The van der Waals surface area contributed by atoms with Crippen LogP contribution in [0.1, 0.15) is 34.2 Å². The van der Waals surface area contributed by atoms with Crippen LogP contribution in [-0.4, -0.2) is 21.8 Å². The van der Waals surface area contributed by atoms with Gasteiger partial charge in [-0.25, -0.2) is 9.78 Å². The largest absolute Gasteiger partial charge is 0.456 e. The van der Waals surface area contributed by atoms with Crippen molar-refractivity contribution in [2.24, 2.45) is 0 Å². The van der Waals surface area contributed by atoms with Gasteiger partial charge in [0.2, 0.25) is 5.91 Å². The summed E-state index contributed by atoms with van der Waals surface area (Å²) in [7, 11) is 0. The fourth-order valence-electron chi connectivity index (χ4n) is 3.41. The lowest BCUT2D eigenvalue weighted by atomic mass is 10.1. The Bertz CT molecular complexity index is 1380. The number of hydrogen-bond donors (Lipinski definition) is 0. The van der Waals surface area contributed by atoms with E-state index in [0.29, 0.717) is 27.9 Å². The van der Waals surface area contributed by atoms with Crippen LogP contribution in [0.4, 0.5) is 24.0 Å². The van der Waals surface area contributed by atoms with Gasteiger partial charge in [0.05, 0.1) is 28.0 Å². The second-order valence-electron chi connectivity index (χ2n) is 7.43. The summed E-state index contributed by atoms with van der Waals surface area (Å²) in [6.07, 6.45) is -4.55. The molecule has 0 N–H and O–H groups in total. The van der Waals surface area contributed by atoms with Crippen molar-refractivity contribution in [3.8, 4) is 0 Å². The number of anilines is 2. The zero-order chi connectivity index (χ0) is 24.5. The normalized spacial score (nSPS) is 11.4. The third-order valence-corrected chi connectivity index (χ3v) is 5.77. The number of fused-ring (bicyclic) bond motifs is 1. The summed E-state index contributed by atoms with van der Waals surface area (Å²) >= 11 is 1.06. The summed E-state index contributed by atoms with van der Waals surface area (Å²) in [5, 5.41) is 2.41. The molecular formula is C24H18F3N3O3S. The van der Waals surface area contributed by atoms with Crippen LogP contribution in [-0.2, 0) is 22.3 Å². The molecule has 10 heteroatoms. The number of para-hydroxylation sites is 1. The zero-order valence-corrected chi connectivity index (χ0v) is 18.9. The Morgan fingerprint density at radius 3 is 2.56 bits per heavy atom. The first-order chi connectivity index (χ1) is 16.1. The maximum absolute atomic E-state index is 13.1. The number of esters is 1. The molecule has 6 nitrogen and oxygen atoms in total. The van der Waals surface area contributed by atoms with Crippen LogP contribution < -0.4 is 4.90 Å². The van der Waals surface area contributed by atoms with Crippen LogP contribution in [0.2, 0.25) is 0 Å². The van der Waals surface area contributed by atoms with Crippen molar-refractivity contribution >= 4 is 44.9 Å². The van der Waals surface area contributed by atoms with E-state index in [2.05, 4.69) is 9.97 Å². The van der Waals surface area contributed by atoms with Gasteiger partial charge in [-0.2, -0.15) is 13.2 Å². The number of thiazole rings is 1. The highest BCUT2D eigenvalue weighted by molar-refractivity contribution is 7.14. The molecule has 2 heterocycles. The van der Waals surface area contributed by atoms with E-state index >= 15 is 0 Å². The monoisotopic (exact) mass is 485 g/mol. The molecule has 0 fully saturated rings. The average molecular weight is 485 g/mol. The molecule has 34 heavy (non-hydrogen) atoms. The van der Waals surface area contributed by atoms with Crippen LogP contribution in [0.3, 0.4) is 0 Å². The van der Waals surface area contributed by atoms with Gasteiger partial charge in [0.15, 0.2) is 5.13 Å². The Morgan fingerprint density at radius 1 is 1.06 bits per heavy atom. The second-order valence-corrected chi connectivity index (χ2v) is 8.26. The number of carbonyl (C=O) groups is 2. The Kier molecular flexibility index (Phi) is 6.34. The van der Waals surface area contributed by atoms with E-state index in [9.17, 15) is 22.8 Å². The van der Waals surface area contributed by atoms with E-state index in [-0.39, 0.29) is 17.4 Å². The number of aromatic nitrogens is 2. The van der Waals surface area contributed by atoms with E-state index in [1.807, 2.05) is 6.07 Å². The predicted molar refractivity (Wildman–Crippen MR) is 122 cm³/mol. The standard InChI is InChI=1S/C24H18F3N3O3S/c1-14-10-20(19-8-3-4-9-21(19)28-14)22(32)33-12-17-13-34-23(29-17)30(15(2)31)18-7-5-6-16(11-18)24(25,26)27/h3-11,13H,12H2,1-2H3. The number of alkyl halides is 3. The van der Waals surface area contributed by atoms with Gasteiger partial charge in [0.1, 0.15) is 6.61 Å². The van der Waals surface area contributed by atoms with E-state index < -0.39 is 23.6 Å². The molecule has 0 aliphatic heterocycles. The number of pyridine rings is 1. The van der Waals surface area contributed by atoms with Gasteiger partial charge >= 0.3 is 12.1 Å². The smallest absolute Gasteiger partial charge is 0.416 e. The Hall–Kier alpha value is -3.79.